The molecule has 0 saturated carbocycles. The number of aryl methyl sites for hydroxylation is 2. The second-order valence-corrected chi connectivity index (χ2v) is 7.67. The highest BCUT2D eigenvalue weighted by Crippen LogP contribution is 2.30. The number of aromatic nitrogens is 4. The molecule has 2 heterocycles. The molecule has 144 valence electrons. The second kappa shape index (κ2) is 7.58. The first-order valence-electron chi connectivity index (χ1n) is 10.1. The molecule has 4 rings (SSSR count). The van der Waals surface area contributed by atoms with E-state index < -0.39 is 0 Å². The van der Waals surface area contributed by atoms with Gasteiger partial charge in [0.25, 0.3) is 0 Å². The van der Waals surface area contributed by atoms with E-state index in [9.17, 15) is 0 Å². The lowest BCUT2D eigenvalue weighted by molar-refractivity contribution is 0.574. The van der Waals surface area contributed by atoms with Crippen LogP contribution in [0.15, 0.2) is 42.7 Å². The van der Waals surface area contributed by atoms with E-state index in [2.05, 4.69) is 83.9 Å². The minimum atomic E-state index is 0.362. The molecule has 0 bridgehead atoms. The van der Waals surface area contributed by atoms with Crippen LogP contribution in [0, 0.1) is 6.92 Å². The molecule has 0 spiro atoms. The SMILES string of the molecule is CCCCc1nc2cc3c(Nc4ccc(C)cc4)ncnc3cc2n1C(C)C. The van der Waals surface area contributed by atoms with Crippen LogP contribution in [0.2, 0.25) is 0 Å². The Morgan fingerprint density at radius 3 is 2.54 bits per heavy atom. The minimum Gasteiger partial charge on any atom is -0.340 e. The number of benzene rings is 2. The number of rotatable bonds is 6. The van der Waals surface area contributed by atoms with Crippen LogP contribution in [0.4, 0.5) is 11.5 Å². The maximum absolute atomic E-state index is 4.96. The summed E-state index contributed by atoms with van der Waals surface area (Å²) in [5.41, 5.74) is 5.34. The first kappa shape index (κ1) is 18.4. The number of hydrogen-bond donors (Lipinski definition) is 1. The van der Waals surface area contributed by atoms with Crippen molar-refractivity contribution in [2.75, 3.05) is 5.32 Å². The Morgan fingerprint density at radius 1 is 1.04 bits per heavy atom. The van der Waals surface area contributed by atoms with E-state index in [-0.39, 0.29) is 0 Å². The molecular weight excluding hydrogens is 346 g/mol. The predicted molar refractivity (Wildman–Crippen MR) is 116 cm³/mol. The standard InChI is InChI=1S/C23H27N5/c1-5-6-7-22-27-20-12-18-19(13-21(20)28(22)15(2)3)24-14-25-23(18)26-17-10-8-16(4)9-11-17/h8-15H,5-7H2,1-4H3,(H,24,25,26). The molecule has 0 unspecified atom stereocenters. The van der Waals surface area contributed by atoms with Gasteiger partial charge in [0.1, 0.15) is 18.0 Å². The van der Waals surface area contributed by atoms with Crippen molar-refractivity contribution in [3.05, 3.63) is 54.1 Å². The summed E-state index contributed by atoms with van der Waals surface area (Å²) in [6, 6.07) is 12.9. The van der Waals surface area contributed by atoms with E-state index in [4.69, 9.17) is 4.98 Å². The molecule has 0 amide bonds. The number of fused-ring (bicyclic) bond motifs is 2. The molecule has 5 nitrogen and oxygen atoms in total. The van der Waals surface area contributed by atoms with Crippen LogP contribution >= 0.6 is 0 Å². The molecular formula is C23H27N5. The van der Waals surface area contributed by atoms with Gasteiger partial charge in [0.15, 0.2) is 0 Å². The van der Waals surface area contributed by atoms with Gasteiger partial charge in [-0.15, -0.1) is 0 Å². The Hall–Kier alpha value is -2.95. The van der Waals surface area contributed by atoms with E-state index in [1.165, 1.54) is 12.0 Å². The summed E-state index contributed by atoms with van der Waals surface area (Å²) in [6.45, 7) is 8.73. The van der Waals surface area contributed by atoms with Gasteiger partial charge in [-0.1, -0.05) is 31.0 Å². The van der Waals surface area contributed by atoms with Crippen LogP contribution in [0.1, 0.15) is 51.0 Å². The molecule has 0 saturated heterocycles. The smallest absolute Gasteiger partial charge is 0.141 e. The van der Waals surface area contributed by atoms with Gasteiger partial charge in [-0.2, -0.15) is 0 Å². The molecule has 0 aliphatic heterocycles. The Morgan fingerprint density at radius 2 is 1.82 bits per heavy atom. The summed E-state index contributed by atoms with van der Waals surface area (Å²) >= 11 is 0. The first-order chi connectivity index (χ1) is 13.6. The van der Waals surface area contributed by atoms with E-state index in [1.807, 2.05) is 0 Å². The van der Waals surface area contributed by atoms with Gasteiger partial charge in [-0.25, -0.2) is 15.0 Å². The van der Waals surface area contributed by atoms with Gasteiger partial charge in [-0.05, 0) is 51.5 Å². The van der Waals surface area contributed by atoms with Gasteiger partial charge < -0.3 is 9.88 Å². The van der Waals surface area contributed by atoms with Gasteiger partial charge in [0, 0.05) is 23.5 Å². The molecule has 4 aromatic rings. The van der Waals surface area contributed by atoms with Crippen molar-refractivity contribution in [3.8, 4) is 0 Å². The zero-order valence-corrected chi connectivity index (χ0v) is 17.0. The molecule has 2 aromatic carbocycles. The van der Waals surface area contributed by atoms with Crippen molar-refractivity contribution in [2.24, 2.45) is 0 Å². The number of nitrogens with one attached hydrogen (secondary N) is 1. The third kappa shape index (κ3) is 3.44. The summed E-state index contributed by atoms with van der Waals surface area (Å²) in [7, 11) is 0. The molecule has 0 radical (unpaired) electrons. The summed E-state index contributed by atoms with van der Waals surface area (Å²) in [6.07, 6.45) is 4.94. The highest BCUT2D eigenvalue weighted by molar-refractivity contribution is 5.99. The fourth-order valence-corrected chi connectivity index (χ4v) is 3.66. The molecule has 1 N–H and O–H groups in total. The molecule has 28 heavy (non-hydrogen) atoms. The maximum Gasteiger partial charge on any atom is 0.141 e. The van der Waals surface area contributed by atoms with Crippen LogP contribution in [0.5, 0.6) is 0 Å². The summed E-state index contributed by atoms with van der Waals surface area (Å²) in [5, 5.41) is 4.42. The Bertz CT molecular complexity index is 1110. The van der Waals surface area contributed by atoms with Crippen molar-refractivity contribution in [1.82, 2.24) is 19.5 Å². The average Bonchev–Trinajstić information content (AvgIpc) is 3.04. The van der Waals surface area contributed by atoms with E-state index >= 15 is 0 Å². The predicted octanol–water partition coefficient (Wildman–Crippen LogP) is 5.96. The normalized spacial score (nSPS) is 11.6. The van der Waals surface area contributed by atoms with Crippen LogP contribution in [-0.2, 0) is 6.42 Å². The number of anilines is 2. The van der Waals surface area contributed by atoms with Crippen molar-refractivity contribution in [1.29, 1.82) is 0 Å². The summed E-state index contributed by atoms with van der Waals surface area (Å²) in [4.78, 5) is 14.0. The largest absolute Gasteiger partial charge is 0.340 e. The molecule has 0 aliphatic carbocycles. The minimum absolute atomic E-state index is 0.362. The average molecular weight is 374 g/mol. The molecule has 0 atom stereocenters. The molecule has 2 aromatic heterocycles. The quantitative estimate of drug-likeness (QED) is 0.453. The Labute approximate surface area is 165 Å². The molecule has 0 fully saturated rings. The monoisotopic (exact) mass is 373 g/mol. The highest BCUT2D eigenvalue weighted by atomic mass is 15.1. The lowest BCUT2D eigenvalue weighted by Crippen LogP contribution is -2.06. The van der Waals surface area contributed by atoms with E-state index in [0.717, 1.165) is 52.1 Å². The fraction of sp³-hybridized carbons (Fsp3) is 0.348. The fourth-order valence-electron chi connectivity index (χ4n) is 3.66. The zero-order chi connectivity index (χ0) is 19.7. The Kier molecular flexibility index (Phi) is 4.99. The lowest BCUT2D eigenvalue weighted by Gasteiger charge is -2.13. The second-order valence-electron chi connectivity index (χ2n) is 7.67. The number of imidazole rings is 1. The van der Waals surface area contributed by atoms with Crippen LogP contribution in [-0.4, -0.2) is 19.5 Å². The maximum atomic E-state index is 4.96. The van der Waals surface area contributed by atoms with Gasteiger partial charge in [0.2, 0.25) is 0 Å². The molecule has 5 heteroatoms. The topological polar surface area (TPSA) is 55.6 Å². The number of hydrogen-bond acceptors (Lipinski definition) is 4. The summed E-state index contributed by atoms with van der Waals surface area (Å²) < 4.78 is 2.35. The van der Waals surface area contributed by atoms with E-state index in [0.29, 0.717) is 6.04 Å². The van der Waals surface area contributed by atoms with Gasteiger partial charge in [0.05, 0.1) is 16.6 Å². The van der Waals surface area contributed by atoms with Crippen LogP contribution < -0.4 is 5.32 Å². The van der Waals surface area contributed by atoms with Crippen molar-refractivity contribution >= 4 is 33.4 Å². The zero-order valence-electron chi connectivity index (χ0n) is 17.0. The van der Waals surface area contributed by atoms with Crippen molar-refractivity contribution in [2.45, 2.75) is 53.0 Å². The lowest BCUT2D eigenvalue weighted by atomic mass is 10.2. The number of nitrogens with zero attached hydrogens (tertiary/aromatic N) is 4. The Balaban J connectivity index is 1.83. The van der Waals surface area contributed by atoms with Crippen molar-refractivity contribution < 1.29 is 0 Å². The van der Waals surface area contributed by atoms with Crippen LogP contribution in [0.25, 0.3) is 21.9 Å². The first-order valence-corrected chi connectivity index (χ1v) is 10.1. The van der Waals surface area contributed by atoms with Gasteiger partial charge in [-0.3, -0.25) is 0 Å². The third-order valence-corrected chi connectivity index (χ3v) is 5.10. The van der Waals surface area contributed by atoms with Crippen molar-refractivity contribution in [3.63, 3.8) is 0 Å². The molecule has 0 aliphatic rings. The highest BCUT2D eigenvalue weighted by Gasteiger charge is 2.15. The third-order valence-electron chi connectivity index (χ3n) is 5.10. The summed E-state index contributed by atoms with van der Waals surface area (Å²) in [5.74, 6) is 1.97. The number of unbranched alkanes of at least 4 members (excludes halogenated alkanes) is 1. The van der Waals surface area contributed by atoms with E-state index in [1.54, 1.807) is 6.33 Å². The van der Waals surface area contributed by atoms with Crippen LogP contribution in [0.3, 0.4) is 0 Å². The van der Waals surface area contributed by atoms with Gasteiger partial charge >= 0.3 is 0 Å².